The molecule has 1 aliphatic carbocycles. The molecule has 0 atom stereocenters. The van der Waals surface area contributed by atoms with Gasteiger partial charge in [0.2, 0.25) is 0 Å². The molecule has 0 aromatic carbocycles. The van der Waals surface area contributed by atoms with Gasteiger partial charge in [-0.2, -0.15) is 0 Å². The van der Waals surface area contributed by atoms with Gasteiger partial charge in [-0.25, -0.2) is 9.78 Å². The Balaban J connectivity index is 2.31. The molecular formula is C9H9NO3S. The number of hydrogen-bond acceptors (Lipinski definition) is 4. The second kappa shape index (κ2) is 3.16. The molecule has 4 nitrogen and oxygen atoms in total. The van der Waals surface area contributed by atoms with Crippen molar-refractivity contribution in [2.45, 2.75) is 19.8 Å². The molecule has 0 radical (unpaired) electrons. The Morgan fingerprint density at radius 1 is 1.50 bits per heavy atom. The van der Waals surface area contributed by atoms with Crippen molar-refractivity contribution in [3.63, 3.8) is 0 Å². The Kier molecular flexibility index (Phi) is 2.11. The van der Waals surface area contributed by atoms with Gasteiger partial charge in [0.15, 0.2) is 10.8 Å². The second-order valence-corrected chi connectivity index (χ2v) is 4.38. The van der Waals surface area contributed by atoms with Crippen molar-refractivity contribution in [1.29, 1.82) is 0 Å². The lowest BCUT2D eigenvalue weighted by Crippen LogP contribution is -1.99. The molecule has 1 fully saturated rings. The van der Waals surface area contributed by atoms with E-state index in [-0.39, 0.29) is 16.6 Å². The number of thiazole rings is 1. The Bertz CT molecular complexity index is 406. The van der Waals surface area contributed by atoms with E-state index >= 15 is 0 Å². The first-order valence-corrected chi connectivity index (χ1v) is 5.16. The molecule has 1 saturated carbocycles. The first kappa shape index (κ1) is 9.33. The van der Waals surface area contributed by atoms with Crippen LogP contribution in [0, 0.1) is 12.8 Å². The topological polar surface area (TPSA) is 67.3 Å². The van der Waals surface area contributed by atoms with Crippen LogP contribution in [-0.2, 0) is 0 Å². The fraction of sp³-hybridized carbons (Fsp3) is 0.444. The summed E-state index contributed by atoms with van der Waals surface area (Å²) in [4.78, 5) is 26.4. The van der Waals surface area contributed by atoms with Crippen LogP contribution in [0.2, 0.25) is 0 Å². The van der Waals surface area contributed by atoms with Crippen molar-refractivity contribution in [2.24, 2.45) is 5.92 Å². The van der Waals surface area contributed by atoms with Crippen LogP contribution in [0.25, 0.3) is 0 Å². The molecule has 1 aliphatic rings. The number of aromatic carboxylic acids is 1. The van der Waals surface area contributed by atoms with Crippen molar-refractivity contribution >= 4 is 23.1 Å². The van der Waals surface area contributed by atoms with Crippen LogP contribution in [0.15, 0.2) is 0 Å². The summed E-state index contributed by atoms with van der Waals surface area (Å²) in [5.74, 6) is -0.900. The molecule has 2 rings (SSSR count). The molecule has 0 amide bonds. The average molecular weight is 211 g/mol. The molecule has 0 bridgehead atoms. The third kappa shape index (κ3) is 1.55. The third-order valence-corrected chi connectivity index (χ3v) is 3.31. The molecule has 74 valence electrons. The maximum atomic E-state index is 11.6. The molecule has 0 aliphatic heterocycles. The molecular weight excluding hydrogens is 202 g/mol. The van der Waals surface area contributed by atoms with Gasteiger partial charge in [-0.1, -0.05) is 0 Å². The molecule has 1 aromatic heterocycles. The summed E-state index contributed by atoms with van der Waals surface area (Å²) in [5.41, 5.74) is 0.437. The summed E-state index contributed by atoms with van der Waals surface area (Å²) in [7, 11) is 0. The largest absolute Gasteiger partial charge is 0.477 e. The highest BCUT2D eigenvalue weighted by Gasteiger charge is 2.33. The minimum Gasteiger partial charge on any atom is -0.477 e. The summed E-state index contributed by atoms with van der Waals surface area (Å²) >= 11 is 0.984. The number of carboxylic acid groups (broad SMARTS) is 1. The number of carbonyl (C=O) groups is 2. The van der Waals surface area contributed by atoms with E-state index < -0.39 is 5.97 Å². The SMILES string of the molecule is Cc1nc(C(=O)C2CC2)sc1C(=O)O. The number of carboxylic acids is 1. The van der Waals surface area contributed by atoms with E-state index in [0.717, 1.165) is 24.2 Å². The van der Waals surface area contributed by atoms with Crippen molar-refractivity contribution in [2.75, 3.05) is 0 Å². The maximum absolute atomic E-state index is 11.6. The van der Waals surface area contributed by atoms with Gasteiger partial charge in [-0.15, -0.1) is 11.3 Å². The Morgan fingerprint density at radius 2 is 2.14 bits per heavy atom. The van der Waals surface area contributed by atoms with Gasteiger partial charge >= 0.3 is 5.97 Å². The normalized spacial score (nSPS) is 15.5. The van der Waals surface area contributed by atoms with E-state index in [2.05, 4.69) is 4.98 Å². The first-order valence-electron chi connectivity index (χ1n) is 4.34. The fourth-order valence-corrected chi connectivity index (χ4v) is 2.14. The van der Waals surface area contributed by atoms with Crippen LogP contribution in [0.5, 0.6) is 0 Å². The van der Waals surface area contributed by atoms with Gasteiger partial charge in [0, 0.05) is 5.92 Å². The highest BCUT2D eigenvalue weighted by atomic mass is 32.1. The monoisotopic (exact) mass is 211 g/mol. The standard InChI is InChI=1S/C9H9NO3S/c1-4-7(9(12)13)14-8(10-4)6(11)5-2-3-5/h5H,2-3H2,1H3,(H,12,13). The van der Waals surface area contributed by atoms with Crippen LogP contribution >= 0.6 is 11.3 Å². The van der Waals surface area contributed by atoms with Gasteiger partial charge in [-0.3, -0.25) is 4.79 Å². The van der Waals surface area contributed by atoms with E-state index in [0.29, 0.717) is 10.7 Å². The highest BCUT2D eigenvalue weighted by molar-refractivity contribution is 7.15. The maximum Gasteiger partial charge on any atom is 0.347 e. The Labute approximate surface area is 84.6 Å². The lowest BCUT2D eigenvalue weighted by molar-refractivity contribution is 0.0701. The van der Waals surface area contributed by atoms with Crippen molar-refractivity contribution in [3.05, 3.63) is 15.6 Å². The third-order valence-electron chi connectivity index (χ3n) is 2.15. The van der Waals surface area contributed by atoms with E-state index in [9.17, 15) is 9.59 Å². The number of hydrogen-bond donors (Lipinski definition) is 1. The summed E-state index contributed by atoms with van der Waals surface area (Å²) in [6.45, 7) is 1.61. The molecule has 1 aromatic rings. The van der Waals surface area contributed by atoms with E-state index in [4.69, 9.17) is 5.11 Å². The molecule has 5 heteroatoms. The molecule has 0 saturated heterocycles. The second-order valence-electron chi connectivity index (χ2n) is 3.38. The molecule has 0 spiro atoms. The van der Waals surface area contributed by atoms with Crippen LogP contribution in [-0.4, -0.2) is 21.8 Å². The quantitative estimate of drug-likeness (QED) is 0.773. The fourth-order valence-electron chi connectivity index (χ4n) is 1.22. The van der Waals surface area contributed by atoms with Gasteiger partial charge < -0.3 is 5.11 Å². The number of rotatable bonds is 3. The number of Topliss-reactive ketones (excluding diaryl/α,β-unsaturated/α-hetero) is 1. The zero-order chi connectivity index (χ0) is 10.3. The van der Waals surface area contributed by atoms with Gasteiger partial charge in [0.25, 0.3) is 0 Å². The van der Waals surface area contributed by atoms with Crippen molar-refractivity contribution in [1.82, 2.24) is 4.98 Å². The van der Waals surface area contributed by atoms with Crippen molar-refractivity contribution in [3.8, 4) is 0 Å². The average Bonchev–Trinajstić information content (AvgIpc) is 2.88. The van der Waals surface area contributed by atoms with Crippen LogP contribution in [0.4, 0.5) is 0 Å². The van der Waals surface area contributed by atoms with Crippen LogP contribution < -0.4 is 0 Å². The highest BCUT2D eigenvalue weighted by Crippen LogP contribution is 2.34. The lowest BCUT2D eigenvalue weighted by atomic mass is 10.3. The summed E-state index contributed by atoms with van der Waals surface area (Å²) in [6, 6.07) is 0. The zero-order valence-corrected chi connectivity index (χ0v) is 8.43. The van der Waals surface area contributed by atoms with Gasteiger partial charge in [0.05, 0.1) is 5.69 Å². The minimum atomic E-state index is -1.00. The first-order chi connectivity index (χ1) is 6.59. The number of aryl methyl sites for hydroxylation is 1. The molecule has 1 N–H and O–H groups in total. The van der Waals surface area contributed by atoms with E-state index in [1.807, 2.05) is 0 Å². The lowest BCUT2D eigenvalue weighted by Gasteiger charge is -1.88. The Morgan fingerprint density at radius 3 is 2.57 bits per heavy atom. The Hall–Kier alpha value is -1.23. The van der Waals surface area contributed by atoms with Crippen LogP contribution in [0.1, 0.15) is 38.0 Å². The predicted octanol–water partition coefficient (Wildman–Crippen LogP) is 1.74. The summed E-state index contributed by atoms with van der Waals surface area (Å²) < 4.78 is 0. The van der Waals surface area contributed by atoms with E-state index in [1.165, 1.54) is 0 Å². The number of nitrogens with zero attached hydrogens (tertiary/aromatic N) is 1. The van der Waals surface area contributed by atoms with Crippen molar-refractivity contribution < 1.29 is 14.7 Å². The van der Waals surface area contributed by atoms with Gasteiger partial charge in [-0.05, 0) is 19.8 Å². The molecule has 0 unspecified atom stereocenters. The summed E-state index contributed by atoms with van der Waals surface area (Å²) in [6.07, 6.45) is 1.83. The molecule has 1 heterocycles. The smallest absolute Gasteiger partial charge is 0.347 e. The number of aromatic nitrogens is 1. The number of carbonyl (C=O) groups excluding carboxylic acids is 1. The molecule has 14 heavy (non-hydrogen) atoms. The van der Waals surface area contributed by atoms with Gasteiger partial charge in [0.1, 0.15) is 4.88 Å². The summed E-state index contributed by atoms with van der Waals surface area (Å²) in [5, 5.41) is 9.12. The van der Waals surface area contributed by atoms with E-state index in [1.54, 1.807) is 6.92 Å². The minimum absolute atomic E-state index is 0.00519. The predicted molar refractivity (Wildman–Crippen MR) is 50.9 cm³/mol. The van der Waals surface area contributed by atoms with Crippen LogP contribution in [0.3, 0.4) is 0 Å². The number of ketones is 1. The zero-order valence-electron chi connectivity index (χ0n) is 7.61.